The first-order chi connectivity index (χ1) is 9.83. The van der Waals surface area contributed by atoms with Crippen molar-refractivity contribution in [3.05, 3.63) is 65.5 Å². The third kappa shape index (κ3) is 2.81. The van der Waals surface area contributed by atoms with Crippen LogP contribution in [-0.4, -0.2) is 10.1 Å². The smallest absolute Gasteiger partial charge is 0.264 e. The van der Waals surface area contributed by atoms with E-state index in [9.17, 15) is 0 Å². The second-order valence-electron chi connectivity index (χ2n) is 4.09. The number of para-hydroxylation sites is 1. The van der Waals surface area contributed by atoms with E-state index in [4.69, 9.17) is 20.9 Å². The Morgan fingerprint density at radius 2 is 1.75 bits per heavy atom. The van der Waals surface area contributed by atoms with Crippen LogP contribution in [0.2, 0.25) is 5.02 Å². The van der Waals surface area contributed by atoms with Gasteiger partial charge in [-0.25, -0.2) is 0 Å². The van der Waals surface area contributed by atoms with E-state index in [0.29, 0.717) is 16.7 Å². The average Bonchev–Trinajstić information content (AvgIpc) is 2.95. The summed E-state index contributed by atoms with van der Waals surface area (Å²) in [5.74, 6) is 1.62. The van der Waals surface area contributed by atoms with Gasteiger partial charge in [-0.2, -0.15) is 4.98 Å². The molecule has 0 fully saturated rings. The molecule has 1 heterocycles. The lowest BCUT2D eigenvalue weighted by Gasteiger charge is -2.01. The minimum absolute atomic E-state index is 0.224. The minimum atomic E-state index is 0.224. The summed E-state index contributed by atoms with van der Waals surface area (Å²) in [5.41, 5.74) is 0.740. The maximum atomic E-state index is 6.09. The number of rotatable bonds is 4. The lowest BCUT2D eigenvalue weighted by Crippen LogP contribution is -1.95. The zero-order valence-corrected chi connectivity index (χ0v) is 11.2. The van der Waals surface area contributed by atoms with E-state index in [-0.39, 0.29) is 6.61 Å². The molecule has 0 aliphatic heterocycles. The van der Waals surface area contributed by atoms with Crippen LogP contribution >= 0.6 is 11.6 Å². The highest BCUT2D eigenvalue weighted by molar-refractivity contribution is 6.33. The Bertz CT molecular complexity index is 698. The SMILES string of the molecule is Clc1ccccc1-c1noc(COc2ccccc2)n1. The molecular weight excluding hydrogens is 276 g/mol. The van der Waals surface area contributed by atoms with Crippen molar-refractivity contribution >= 4 is 11.6 Å². The molecule has 1 aromatic heterocycles. The van der Waals surface area contributed by atoms with E-state index >= 15 is 0 Å². The third-order valence-electron chi connectivity index (χ3n) is 2.69. The van der Waals surface area contributed by atoms with Crippen LogP contribution in [0.25, 0.3) is 11.4 Å². The van der Waals surface area contributed by atoms with Gasteiger partial charge in [0.25, 0.3) is 5.89 Å². The van der Waals surface area contributed by atoms with E-state index in [0.717, 1.165) is 11.3 Å². The molecule has 0 aliphatic carbocycles. The average molecular weight is 287 g/mol. The van der Waals surface area contributed by atoms with Crippen LogP contribution in [0.15, 0.2) is 59.1 Å². The van der Waals surface area contributed by atoms with Gasteiger partial charge in [0.15, 0.2) is 6.61 Å². The molecule has 0 N–H and O–H groups in total. The number of aromatic nitrogens is 2. The van der Waals surface area contributed by atoms with Crippen LogP contribution in [0.1, 0.15) is 5.89 Å². The standard InChI is InChI=1S/C15H11ClN2O2/c16-13-9-5-4-8-12(13)15-17-14(20-18-15)10-19-11-6-2-1-3-7-11/h1-9H,10H2. The molecule has 100 valence electrons. The highest BCUT2D eigenvalue weighted by Gasteiger charge is 2.11. The van der Waals surface area contributed by atoms with Crippen molar-refractivity contribution in [1.82, 2.24) is 10.1 Å². The largest absolute Gasteiger partial charge is 0.484 e. The molecule has 0 aliphatic rings. The first-order valence-corrected chi connectivity index (χ1v) is 6.46. The number of hydrogen-bond donors (Lipinski definition) is 0. The molecule has 2 aromatic carbocycles. The normalized spacial score (nSPS) is 10.4. The van der Waals surface area contributed by atoms with Gasteiger partial charge in [0, 0.05) is 5.56 Å². The summed E-state index contributed by atoms with van der Waals surface area (Å²) >= 11 is 6.09. The highest BCUT2D eigenvalue weighted by Crippen LogP contribution is 2.25. The Hall–Kier alpha value is -2.33. The Balaban J connectivity index is 1.73. The molecule has 0 radical (unpaired) electrons. The fraction of sp³-hybridized carbons (Fsp3) is 0.0667. The van der Waals surface area contributed by atoms with Crippen molar-refractivity contribution in [2.24, 2.45) is 0 Å². The van der Waals surface area contributed by atoms with E-state index < -0.39 is 0 Å². The van der Waals surface area contributed by atoms with Crippen LogP contribution in [0.5, 0.6) is 5.75 Å². The third-order valence-corrected chi connectivity index (χ3v) is 3.02. The highest BCUT2D eigenvalue weighted by atomic mass is 35.5. The van der Waals surface area contributed by atoms with Crippen LogP contribution in [0.3, 0.4) is 0 Å². The Kier molecular flexibility index (Phi) is 3.65. The maximum Gasteiger partial charge on any atom is 0.264 e. The van der Waals surface area contributed by atoms with E-state index in [1.165, 1.54) is 0 Å². The van der Waals surface area contributed by atoms with Gasteiger partial charge in [0.2, 0.25) is 5.82 Å². The number of halogens is 1. The van der Waals surface area contributed by atoms with Gasteiger partial charge in [0.1, 0.15) is 5.75 Å². The molecule has 0 saturated carbocycles. The van der Waals surface area contributed by atoms with Crippen LogP contribution in [0, 0.1) is 0 Å². The summed E-state index contributed by atoms with van der Waals surface area (Å²) in [7, 11) is 0. The lowest BCUT2D eigenvalue weighted by molar-refractivity contribution is 0.243. The lowest BCUT2D eigenvalue weighted by atomic mass is 10.2. The van der Waals surface area contributed by atoms with Gasteiger partial charge in [0.05, 0.1) is 5.02 Å². The van der Waals surface area contributed by atoms with E-state index in [2.05, 4.69) is 10.1 Å². The van der Waals surface area contributed by atoms with Crippen LogP contribution in [0.4, 0.5) is 0 Å². The van der Waals surface area contributed by atoms with Gasteiger partial charge in [-0.15, -0.1) is 0 Å². The van der Waals surface area contributed by atoms with Gasteiger partial charge >= 0.3 is 0 Å². The number of benzene rings is 2. The van der Waals surface area contributed by atoms with Crippen molar-refractivity contribution in [3.8, 4) is 17.1 Å². The van der Waals surface area contributed by atoms with Gasteiger partial charge in [-0.05, 0) is 24.3 Å². The number of hydrogen-bond acceptors (Lipinski definition) is 4. The topological polar surface area (TPSA) is 48.2 Å². The molecule has 0 spiro atoms. The van der Waals surface area contributed by atoms with Gasteiger partial charge in [-0.3, -0.25) is 0 Å². The van der Waals surface area contributed by atoms with Gasteiger partial charge in [-0.1, -0.05) is 47.1 Å². The molecule has 0 atom stereocenters. The zero-order chi connectivity index (χ0) is 13.8. The van der Waals surface area contributed by atoms with E-state index in [1.54, 1.807) is 6.07 Å². The van der Waals surface area contributed by atoms with Crippen LogP contribution in [-0.2, 0) is 6.61 Å². The van der Waals surface area contributed by atoms with Gasteiger partial charge < -0.3 is 9.26 Å². The van der Waals surface area contributed by atoms with Crippen LogP contribution < -0.4 is 4.74 Å². The Morgan fingerprint density at radius 3 is 2.55 bits per heavy atom. The van der Waals surface area contributed by atoms with Crippen molar-refractivity contribution in [1.29, 1.82) is 0 Å². The zero-order valence-electron chi connectivity index (χ0n) is 10.5. The van der Waals surface area contributed by atoms with Crippen molar-refractivity contribution in [2.45, 2.75) is 6.61 Å². The summed E-state index contributed by atoms with van der Waals surface area (Å²) in [6.45, 7) is 0.224. The molecule has 0 bridgehead atoms. The quantitative estimate of drug-likeness (QED) is 0.728. The second-order valence-corrected chi connectivity index (χ2v) is 4.50. The summed E-state index contributed by atoms with van der Waals surface area (Å²) in [6, 6.07) is 16.8. The monoisotopic (exact) mass is 286 g/mol. The summed E-state index contributed by atoms with van der Waals surface area (Å²) in [5, 5.41) is 4.50. The molecule has 5 heteroatoms. The first kappa shape index (κ1) is 12.7. The summed E-state index contributed by atoms with van der Waals surface area (Å²) < 4.78 is 10.7. The Morgan fingerprint density at radius 1 is 1.00 bits per heavy atom. The second kappa shape index (κ2) is 5.75. The summed E-state index contributed by atoms with van der Waals surface area (Å²) in [4.78, 5) is 4.27. The van der Waals surface area contributed by atoms with Crippen molar-refractivity contribution in [2.75, 3.05) is 0 Å². The Labute approximate surface area is 121 Å². The summed E-state index contributed by atoms with van der Waals surface area (Å²) in [6.07, 6.45) is 0. The van der Waals surface area contributed by atoms with E-state index in [1.807, 2.05) is 48.5 Å². The molecule has 3 rings (SSSR count). The molecule has 4 nitrogen and oxygen atoms in total. The van der Waals surface area contributed by atoms with Crippen molar-refractivity contribution in [3.63, 3.8) is 0 Å². The fourth-order valence-corrected chi connectivity index (χ4v) is 1.95. The molecule has 0 unspecified atom stereocenters. The predicted molar refractivity (Wildman–Crippen MR) is 75.5 cm³/mol. The molecular formula is C15H11ClN2O2. The predicted octanol–water partition coefficient (Wildman–Crippen LogP) is 3.97. The molecule has 0 amide bonds. The minimum Gasteiger partial charge on any atom is -0.484 e. The fourth-order valence-electron chi connectivity index (χ4n) is 1.73. The molecule has 0 saturated heterocycles. The van der Waals surface area contributed by atoms with Crippen molar-refractivity contribution < 1.29 is 9.26 Å². The maximum absolute atomic E-state index is 6.09. The number of ether oxygens (including phenoxy) is 1. The molecule has 3 aromatic rings. The molecule has 20 heavy (non-hydrogen) atoms. The number of nitrogens with zero attached hydrogens (tertiary/aromatic N) is 2. The first-order valence-electron chi connectivity index (χ1n) is 6.08.